The zero-order valence-electron chi connectivity index (χ0n) is 12.4. The Hall–Kier alpha value is -2.29. The molecule has 2 aromatic carbocycles. The lowest BCUT2D eigenvalue weighted by molar-refractivity contribution is 0.0733. The number of amides is 1. The standard InChI is InChI=1S/C18H19NO2/c1-12-4-3-5-13(2)17(12)18(21)19-9-8-14-6-7-16(20)10-15(14)11-19/h3-7,10,20H,8-9,11H2,1-2H3. The van der Waals surface area contributed by atoms with Gasteiger partial charge in [-0.05, 0) is 54.7 Å². The Morgan fingerprint density at radius 2 is 1.81 bits per heavy atom. The van der Waals surface area contributed by atoms with Crippen molar-refractivity contribution in [1.82, 2.24) is 4.90 Å². The van der Waals surface area contributed by atoms with E-state index in [1.165, 1.54) is 5.56 Å². The molecule has 1 amide bonds. The number of aryl methyl sites for hydroxylation is 2. The third-order valence-corrected chi connectivity index (χ3v) is 4.18. The van der Waals surface area contributed by atoms with Crippen molar-refractivity contribution in [2.24, 2.45) is 0 Å². The third-order valence-electron chi connectivity index (χ3n) is 4.18. The summed E-state index contributed by atoms with van der Waals surface area (Å²) in [5.41, 5.74) is 5.10. The zero-order valence-corrected chi connectivity index (χ0v) is 12.4. The molecule has 0 atom stereocenters. The molecular formula is C18H19NO2. The number of carbonyl (C=O) groups excluding carboxylic acids is 1. The first-order chi connectivity index (χ1) is 10.1. The summed E-state index contributed by atoms with van der Waals surface area (Å²) in [6, 6.07) is 11.4. The average Bonchev–Trinajstić information content (AvgIpc) is 2.46. The number of hydrogen-bond acceptors (Lipinski definition) is 2. The van der Waals surface area contributed by atoms with Crippen LogP contribution < -0.4 is 0 Å². The van der Waals surface area contributed by atoms with Crippen LogP contribution in [0, 0.1) is 13.8 Å². The van der Waals surface area contributed by atoms with E-state index in [4.69, 9.17) is 0 Å². The number of carbonyl (C=O) groups is 1. The van der Waals surface area contributed by atoms with Crippen LogP contribution in [0.3, 0.4) is 0 Å². The highest BCUT2D eigenvalue weighted by molar-refractivity contribution is 5.97. The molecule has 0 bridgehead atoms. The van der Waals surface area contributed by atoms with Crippen molar-refractivity contribution in [3.05, 3.63) is 64.2 Å². The van der Waals surface area contributed by atoms with Crippen LogP contribution in [-0.4, -0.2) is 22.5 Å². The van der Waals surface area contributed by atoms with Gasteiger partial charge in [-0.3, -0.25) is 4.79 Å². The predicted octanol–water partition coefficient (Wildman–Crippen LogP) is 3.21. The van der Waals surface area contributed by atoms with E-state index in [1.807, 2.05) is 43.0 Å². The van der Waals surface area contributed by atoms with E-state index in [0.717, 1.165) is 35.2 Å². The second kappa shape index (κ2) is 5.24. The van der Waals surface area contributed by atoms with Crippen molar-refractivity contribution in [2.45, 2.75) is 26.8 Å². The molecule has 1 aliphatic rings. The molecule has 0 saturated carbocycles. The van der Waals surface area contributed by atoms with Gasteiger partial charge in [0.1, 0.15) is 5.75 Å². The Labute approximate surface area is 124 Å². The highest BCUT2D eigenvalue weighted by atomic mass is 16.3. The quantitative estimate of drug-likeness (QED) is 0.872. The second-order valence-corrected chi connectivity index (χ2v) is 5.70. The van der Waals surface area contributed by atoms with Gasteiger partial charge in [0.05, 0.1) is 0 Å². The maximum Gasteiger partial charge on any atom is 0.254 e. The van der Waals surface area contributed by atoms with E-state index >= 15 is 0 Å². The predicted molar refractivity (Wildman–Crippen MR) is 82.5 cm³/mol. The Kier molecular flexibility index (Phi) is 3.42. The summed E-state index contributed by atoms with van der Waals surface area (Å²) in [4.78, 5) is 14.7. The number of hydrogen-bond donors (Lipinski definition) is 1. The van der Waals surface area contributed by atoms with Gasteiger partial charge in [0.25, 0.3) is 5.91 Å². The molecule has 3 nitrogen and oxygen atoms in total. The van der Waals surface area contributed by atoms with Gasteiger partial charge in [-0.2, -0.15) is 0 Å². The van der Waals surface area contributed by atoms with E-state index in [-0.39, 0.29) is 11.7 Å². The zero-order chi connectivity index (χ0) is 15.0. The van der Waals surface area contributed by atoms with E-state index in [9.17, 15) is 9.90 Å². The molecular weight excluding hydrogens is 262 g/mol. The highest BCUT2D eigenvalue weighted by Gasteiger charge is 2.24. The third kappa shape index (κ3) is 2.51. The van der Waals surface area contributed by atoms with Crippen molar-refractivity contribution >= 4 is 5.91 Å². The number of rotatable bonds is 1. The number of fused-ring (bicyclic) bond motifs is 1. The van der Waals surface area contributed by atoms with Gasteiger partial charge in [-0.25, -0.2) is 0 Å². The molecule has 3 rings (SSSR count). The molecule has 2 aromatic rings. The molecule has 21 heavy (non-hydrogen) atoms. The van der Waals surface area contributed by atoms with E-state index < -0.39 is 0 Å². The first kappa shape index (κ1) is 13.7. The van der Waals surface area contributed by atoms with Crippen molar-refractivity contribution in [3.63, 3.8) is 0 Å². The summed E-state index contributed by atoms with van der Waals surface area (Å²) in [6.45, 7) is 5.24. The average molecular weight is 281 g/mol. The first-order valence-electron chi connectivity index (χ1n) is 7.22. The molecule has 108 valence electrons. The Balaban J connectivity index is 1.91. The van der Waals surface area contributed by atoms with Crippen molar-refractivity contribution in [3.8, 4) is 5.75 Å². The number of phenolic OH excluding ortho intramolecular Hbond substituents is 1. The Bertz CT molecular complexity index is 686. The number of nitrogens with zero attached hydrogens (tertiary/aromatic N) is 1. The fourth-order valence-corrected chi connectivity index (χ4v) is 3.03. The number of benzene rings is 2. The molecule has 0 unspecified atom stereocenters. The minimum absolute atomic E-state index is 0.0830. The lowest BCUT2D eigenvalue weighted by atomic mass is 9.97. The van der Waals surface area contributed by atoms with Gasteiger partial charge in [-0.1, -0.05) is 24.3 Å². The second-order valence-electron chi connectivity index (χ2n) is 5.70. The summed E-state index contributed by atoms with van der Waals surface area (Å²) in [7, 11) is 0. The minimum Gasteiger partial charge on any atom is -0.508 e. The topological polar surface area (TPSA) is 40.5 Å². The molecule has 0 aliphatic carbocycles. The summed E-state index contributed by atoms with van der Waals surface area (Å²) in [6.07, 6.45) is 0.840. The Morgan fingerprint density at radius 1 is 1.10 bits per heavy atom. The van der Waals surface area contributed by atoms with E-state index in [0.29, 0.717) is 6.54 Å². The van der Waals surface area contributed by atoms with E-state index in [2.05, 4.69) is 0 Å². The van der Waals surface area contributed by atoms with Crippen LogP contribution in [0.1, 0.15) is 32.6 Å². The summed E-state index contributed by atoms with van der Waals surface area (Å²) in [5.74, 6) is 0.342. The van der Waals surface area contributed by atoms with Crippen LogP contribution in [-0.2, 0) is 13.0 Å². The minimum atomic E-state index is 0.0830. The summed E-state index contributed by atoms with van der Waals surface area (Å²) >= 11 is 0. The first-order valence-corrected chi connectivity index (χ1v) is 7.22. The van der Waals surface area contributed by atoms with Crippen LogP contribution in [0.25, 0.3) is 0 Å². The SMILES string of the molecule is Cc1cccc(C)c1C(=O)N1CCc2ccc(O)cc2C1. The maximum absolute atomic E-state index is 12.8. The van der Waals surface area contributed by atoms with Gasteiger partial charge in [-0.15, -0.1) is 0 Å². The lowest BCUT2D eigenvalue weighted by Gasteiger charge is -2.30. The molecule has 1 heterocycles. The molecule has 0 fully saturated rings. The summed E-state index contributed by atoms with van der Waals surface area (Å²) in [5, 5.41) is 9.61. The van der Waals surface area contributed by atoms with Gasteiger partial charge in [0.2, 0.25) is 0 Å². The molecule has 0 radical (unpaired) electrons. The fraction of sp³-hybridized carbons (Fsp3) is 0.278. The maximum atomic E-state index is 12.8. The van der Waals surface area contributed by atoms with Crippen molar-refractivity contribution < 1.29 is 9.90 Å². The molecule has 0 saturated heterocycles. The van der Waals surface area contributed by atoms with Crippen molar-refractivity contribution in [1.29, 1.82) is 0 Å². The van der Waals surface area contributed by atoms with Crippen LogP contribution in [0.15, 0.2) is 36.4 Å². The molecule has 1 aliphatic heterocycles. The number of aromatic hydroxyl groups is 1. The molecule has 1 N–H and O–H groups in total. The summed E-state index contributed by atoms with van der Waals surface area (Å²) < 4.78 is 0. The van der Waals surface area contributed by atoms with Crippen LogP contribution in [0.5, 0.6) is 5.75 Å². The van der Waals surface area contributed by atoms with Crippen LogP contribution in [0.2, 0.25) is 0 Å². The van der Waals surface area contributed by atoms with E-state index in [1.54, 1.807) is 12.1 Å². The van der Waals surface area contributed by atoms with Gasteiger partial charge < -0.3 is 10.0 Å². The Morgan fingerprint density at radius 3 is 2.52 bits per heavy atom. The molecule has 0 spiro atoms. The molecule has 0 aromatic heterocycles. The highest BCUT2D eigenvalue weighted by Crippen LogP contribution is 2.25. The fourth-order valence-electron chi connectivity index (χ4n) is 3.03. The number of phenols is 1. The van der Waals surface area contributed by atoms with Gasteiger partial charge in [0, 0.05) is 18.7 Å². The molecule has 3 heteroatoms. The van der Waals surface area contributed by atoms with Crippen molar-refractivity contribution in [2.75, 3.05) is 6.54 Å². The normalized spacial score (nSPS) is 13.9. The van der Waals surface area contributed by atoms with Gasteiger partial charge >= 0.3 is 0 Å². The largest absolute Gasteiger partial charge is 0.508 e. The van der Waals surface area contributed by atoms with Gasteiger partial charge in [0.15, 0.2) is 0 Å². The smallest absolute Gasteiger partial charge is 0.254 e. The monoisotopic (exact) mass is 281 g/mol. The van der Waals surface area contributed by atoms with Crippen LogP contribution in [0.4, 0.5) is 0 Å². The lowest BCUT2D eigenvalue weighted by Crippen LogP contribution is -2.36. The van der Waals surface area contributed by atoms with Crippen LogP contribution >= 0.6 is 0 Å².